The van der Waals surface area contributed by atoms with E-state index in [1.165, 1.54) is 21.3 Å². The molecule has 0 radical (unpaired) electrons. The Bertz CT molecular complexity index is 903. The first-order valence-corrected chi connectivity index (χ1v) is 9.71. The van der Waals surface area contributed by atoms with Crippen molar-refractivity contribution in [2.75, 3.05) is 41.3 Å². The van der Waals surface area contributed by atoms with E-state index in [2.05, 4.69) is 0 Å². The zero-order valence-electron chi connectivity index (χ0n) is 17.1. The summed E-state index contributed by atoms with van der Waals surface area (Å²) in [5, 5.41) is 31.2. The molecule has 8 nitrogen and oxygen atoms in total. The number of benzene rings is 2. The Morgan fingerprint density at radius 1 is 0.833 bits per heavy atom. The van der Waals surface area contributed by atoms with Crippen LogP contribution in [0.15, 0.2) is 24.3 Å². The van der Waals surface area contributed by atoms with Gasteiger partial charge in [-0.05, 0) is 41.0 Å². The van der Waals surface area contributed by atoms with Gasteiger partial charge in [0.2, 0.25) is 12.5 Å². The van der Waals surface area contributed by atoms with E-state index >= 15 is 0 Å². The summed E-state index contributed by atoms with van der Waals surface area (Å²) in [5.41, 5.74) is 2.24. The first-order valence-electron chi connectivity index (χ1n) is 9.71. The van der Waals surface area contributed by atoms with Gasteiger partial charge in [0.1, 0.15) is 0 Å². The summed E-state index contributed by atoms with van der Waals surface area (Å²) in [7, 11) is 4.61. The third kappa shape index (κ3) is 3.12. The highest BCUT2D eigenvalue weighted by atomic mass is 16.7. The van der Waals surface area contributed by atoms with Gasteiger partial charge >= 0.3 is 0 Å². The highest BCUT2D eigenvalue weighted by molar-refractivity contribution is 5.59. The topological polar surface area (TPSA) is 107 Å². The van der Waals surface area contributed by atoms with Gasteiger partial charge in [-0.25, -0.2) is 0 Å². The summed E-state index contributed by atoms with van der Waals surface area (Å²) < 4.78 is 27.5. The van der Waals surface area contributed by atoms with E-state index in [4.69, 9.17) is 23.7 Å². The molecule has 4 atom stereocenters. The minimum Gasteiger partial charge on any atom is -0.493 e. The summed E-state index contributed by atoms with van der Waals surface area (Å²) in [5.74, 6) is 1.20. The van der Waals surface area contributed by atoms with Gasteiger partial charge in [0.05, 0.1) is 27.4 Å². The second-order valence-corrected chi connectivity index (χ2v) is 7.41. The molecule has 8 heteroatoms. The van der Waals surface area contributed by atoms with Gasteiger partial charge in [0.15, 0.2) is 23.0 Å². The maximum atomic E-state index is 11.0. The summed E-state index contributed by atoms with van der Waals surface area (Å²) in [6.07, 6.45) is -0.949. The third-order valence-corrected chi connectivity index (χ3v) is 6.08. The molecular weight excluding hydrogens is 392 g/mol. The molecule has 0 unspecified atom stereocenters. The number of rotatable bonds is 6. The molecule has 1 aliphatic carbocycles. The smallest absolute Gasteiger partial charge is 0.231 e. The average molecular weight is 418 g/mol. The lowest BCUT2D eigenvalue weighted by Crippen LogP contribution is -2.38. The van der Waals surface area contributed by atoms with Crippen LogP contribution in [0, 0.1) is 11.8 Å². The molecule has 1 aliphatic heterocycles. The molecule has 0 bridgehead atoms. The molecule has 2 aromatic rings. The molecule has 30 heavy (non-hydrogen) atoms. The molecule has 2 aliphatic rings. The predicted molar refractivity (Wildman–Crippen MR) is 107 cm³/mol. The molecule has 0 aromatic heterocycles. The highest BCUT2D eigenvalue weighted by Gasteiger charge is 2.44. The van der Waals surface area contributed by atoms with Crippen LogP contribution in [0.5, 0.6) is 28.7 Å². The van der Waals surface area contributed by atoms with Crippen LogP contribution < -0.4 is 23.7 Å². The van der Waals surface area contributed by atoms with Crippen molar-refractivity contribution in [3.8, 4) is 28.7 Å². The van der Waals surface area contributed by atoms with Gasteiger partial charge in [-0.2, -0.15) is 0 Å². The molecule has 0 fully saturated rings. The fraction of sp³-hybridized carbons (Fsp3) is 0.455. The number of hydrogen-bond acceptors (Lipinski definition) is 8. The zero-order valence-corrected chi connectivity index (χ0v) is 17.1. The number of methoxy groups -OCH3 is 3. The molecule has 162 valence electrons. The number of fused-ring (bicyclic) bond motifs is 2. The first-order chi connectivity index (χ1) is 14.6. The molecule has 0 saturated heterocycles. The van der Waals surface area contributed by atoms with Gasteiger partial charge in [-0.3, -0.25) is 0 Å². The molecule has 0 saturated carbocycles. The molecule has 3 N–H and O–H groups in total. The fourth-order valence-corrected chi connectivity index (χ4v) is 4.63. The van der Waals surface area contributed by atoms with Crippen molar-refractivity contribution in [3.63, 3.8) is 0 Å². The van der Waals surface area contributed by atoms with Crippen LogP contribution in [0.2, 0.25) is 0 Å². The maximum Gasteiger partial charge on any atom is 0.231 e. The van der Waals surface area contributed by atoms with Crippen molar-refractivity contribution >= 4 is 0 Å². The normalized spacial score (nSPS) is 24.3. The van der Waals surface area contributed by atoms with Crippen LogP contribution in [-0.4, -0.2) is 56.7 Å². The Morgan fingerprint density at radius 2 is 1.40 bits per heavy atom. The predicted octanol–water partition coefficient (Wildman–Crippen LogP) is 1.84. The molecule has 4 rings (SSSR count). The first kappa shape index (κ1) is 20.6. The monoisotopic (exact) mass is 418 g/mol. The van der Waals surface area contributed by atoms with Crippen LogP contribution in [0.3, 0.4) is 0 Å². The Balaban J connectivity index is 1.95. The van der Waals surface area contributed by atoms with Crippen molar-refractivity contribution < 1.29 is 39.0 Å². The van der Waals surface area contributed by atoms with E-state index in [0.29, 0.717) is 34.3 Å². The van der Waals surface area contributed by atoms with Crippen molar-refractivity contribution in [1.29, 1.82) is 0 Å². The summed E-state index contributed by atoms with van der Waals surface area (Å²) in [6, 6.07) is 7.25. The number of ether oxygens (including phenoxy) is 5. The van der Waals surface area contributed by atoms with Crippen molar-refractivity contribution in [1.82, 2.24) is 0 Å². The second-order valence-electron chi connectivity index (χ2n) is 7.41. The largest absolute Gasteiger partial charge is 0.493 e. The lowest BCUT2D eigenvalue weighted by molar-refractivity contribution is -0.00425. The van der Waals surface area contributed by atoms with Gasteiger partial charge in [0.25, 0.3) is 0 Å². The lowest BCUT2D eigenvalue weighted by atomic mass is 9.65. The lowest BCUT2D eigenvalue weighted by Gasteiger charge is -2.41. The van der Waals surface area contributed by atoms with Gasteiger partial charge < -0.3 is 39.0 Å². The summed E-state index contributed by atoms with van der Waals surface area (Å²) in [4.78, 5) is 0. The third-order valence-electron chi connectivity index (χ3n) is 6.08. The Hall–Kier alpha value is -2.68. The quantitative estimate of drug-likeness (QED) is 0.653. The Morgan fingerprint density at radius 3 is 1.90 bits per heavy atom. The van der Waals surface area contributed by atoms with E-state index < -0.39 is 17.9 Å². The maximum absolute atomic E-state index is 11.0. The van der Waals surface area contributed by atoms with E-state index in [0.717, 1.165) is 11.1 Å². The molecule has 0 amide bonds. The summed E-state index contributed by atoms with van der Waals surface area (Å²) >= 11 is 0. The molecular formula is C22H26O8. The zero-order chi connectivity index (χ0) is 21.4. The Kier molecular flexibility index (Phi) is 5.64. The van der Waals surface area contributed by atoms with Crippen molar-refractivity contribution in [2.45, 2.75) is 12.0 Å². The van der Waals surface area contributed by atoms with Crippen LogP contribution in [0.1, 0.15) is 28.7 Å². The highest BCUT2D eigenvalue weighted by Crippen LogP contribution is 2.53. The molecule has 1 heterocycles. The van der Waals surface area contributed by atoms with Gasteiger partial charge in [0, 0.05) is 31.0 Å². The van der Waals surface area contributed by atoms with E-state index in [-0.39, 0.29) is 25.9 Å². The van der Waals surface area contributed by atoms with Gasteiger partial charge in [-0.1, -0.05) is 0 Å². The average Bonchev–Trinajstić information content (AvgIpc) is 3.24. The second kappa shape index (κ2) is 8.22. The van der Waals surface area contributed by atoms with Crippen molar-refractivity contribution in [3.05, 3.63) is 41.0 Å². The van der Waals surface area contributed by atoms with Crippen molar-refractivity contribution in [2.24, 2.45) is 11.8 Å². The Labute approximate surface area is 174 Å². The van der Waals surface area contributed by atoms with E-state index in [1.807, 2.05) is 18.2 Å². The number of hydrogen-bond donors (Lipinski definition) is 3. The molecule has 0 spiro atoms. The number of aliphatic hydroxyl groups is 3. The summed E-state index contributed by atoms with van der Waals surface area (Å²) in [6.45, 7) is -0.394. The van der Waals surface area contributed by atoms with Crippen LogP contribution in [0.25, 0.3) is 0 Å². The standard InChI is InChI=1S/C22H26O8/c1-26-18-4-11(5-19(27-2)22(18)28-3)20-12-6-16-17(30-10-29-16)7-13(12)21(25)15(9-24)14(20)8-23/h4-7,14-15,20-21,23-25H,8-10H2,1-3H3/t14-,15+,20-,21-/m1/s1. The van der Waals surface area contributed by atoms with E-state index in [9.17, 15) is 15.3 Å². The van der Waals surface area contributed by atoms with E-state index in [1.54, 1.807) is 6.07 Å². The van der Waals surface area contributed by atoms with Crippen LogP contribution in [0.4, 0.5) is 0 Å². The minimum atomic E-state index is -0.949. The van der Waals surface area contributed by atoms with Gasteiger partial charge in [-0.15, -0.1) is 0 Å². The van der Waals surface area contributed by atoms with Crippen LogP contribution >= 0.6 is 0 Å². The molecule has 2 aromatic carbocycles. The fourth-order valence-electron chi connectivity index (χ4n) is 4.63. The SMILES string of the molecule is COc1cc([C@@H]2c3cc4c(cc3[C@@H](O)[C@@H](CO)[C@H]2CO)OCO4)cc(OC)c1OC. The number of aliphatic hydroxyl groups excluding tert-OH is 3. The minimum absolute atomic E-state index is 0.107. The van der Waals surface area contributed by atoms with Crippen LogP contribution in [-0.2, 0) is 0 Å².